The van der Waals surface area contributed by atoms with E-state index in [4.69, 9.17) is 15.0 Å². The van der Waals surface area contributed by atoms with Gasteiger partial charge in [-0.3, -0.25) is 9.55 Å². The molecule has 0 bridgehead atoms. The van der Waals surface area contributed by atoms with Crippen LogP contribution in [0.1, 0.15) is 52.7 Å². The van der Waals surface area contributed by atoms with Gasteiger partial charge in [0.2, 0.25) is 0 Å². The van der Waals surface area contributed by atoms with Crippen molar-refractivity contribution in [3.05, 3.63) is 212 Å². The number of hydrogen-bond acceptors (Lipinski definition) is 4. The van der Waals surface area contributed by atoms with Crippen LogP contribution in [0.5, 0.6) is 5.75 Å². The Balaban J connectivity index is 1.20. The van der Waals surface area contributed by atoms with E-state index in [0.717, 1.165) is 78.1 Å². The smallest absolute Gasteiger partial charge is 0.165 e. The van der Waals surface area contributed by atoms with E-state index in [1.807, 2.05) is 30.6 Å². The fraction of sp³-hybridized carbons (Fsp3) is 0.131. The minimum atomic E-state index is -0.340. The Hall–Kier alpha value is -7.89. The molecule has 322 valence electrons. The highest BCUT2D eigenvalue weighted by molar-refractivity contribution is 5.97. The third-order valence-electron chi connectivity index (χ3n) is 12.5. The van der Waals surface area contributed by atoms with Crippen LogP contribution in [0.15, 0.2) is 200 Å². The first-order valence-electron chi connectivity index (χ1n) is 22.6. The number of fused-ring (bicyclic) bond motifs is 1. The molecule has 1 N–H and O–H groups in total. The van der Waals surface area contributed by atoms with E-state index in [-0.39, 0.29) is 16.6 Å². The number of phenolic OH excluding ortho intramolecular Hbond substituents is 1. The first-order chi connectivity index (χ1) is 31.9. The molecule has 0 radical (unpaired) electrons. The Morgan fingerprint density at radius 2 is 0.955 bits per heavy atom. The lowest BCUT2D eigenvalue weighted by Gasteiger charge is -2.27. The minimum absolute atomic E-state index is 0.199. The largest absolute Gasteiger partial charge is 0.507 e. The summed E-state index contributed by atoms with van der Waals surface area (Å²) in [6.07, 6.45) is 3.78. The van der Waals surface area contributed by atoms with Crippen LogP contribution in [-0.4, -0.2) is 24.6 Å². The molecule has 0 unspecified atom stereocenters. The number of pyridine rings is 2. The number of imidazole rings is 1. The molecule has 5 nitrogen and oxygen atoms in total. The van der Waals surface area contributed by atoms with E-state index in [9.17, 15) is 5.11 Å². The van der Waals surface area contributed by atoms with Crippen LogP contribution in [0.4, 0.5) is 0 Å². The second-order valence-corrected chi connectivity index (χ2v) is 19.1. The van der Waals surface area contributed by atoms with Crippen LogP contribution in [0.25, 0.3) is 95.1 Å². The Bertz CT molecular complexity index is 3360. The molecule has 3 aromatic heterocycles. The van der Waals surface area contributed by atoms with Crippen molar-refractivity contribution in [3.63, 3.8) is 0 Å². The number of rotatable bonds is 8. The SMILES string of the molecule is CC(C)(C)c1cc(-c2nc3c(-c4cc(-c5ccccc5)cc(-c5cc(-c6ccc(-c7ccccc7)cc6)ccn5)c4)ccnc3n2-c2ccccc2-c2ccccc2)c(O)c(C(C)(C)C)c1. The number of para-hydroxylation sites is 1. The van der Waals surface area contributed by atoms with E-state index in [0.29, 0.717) is 17.0 Å². The molecule has 5 heteroatoms. The molecule has 0 saturated carbocycles. The number of nitrogens with zero attached hydrogens (tertiary/aromatic N) is 4. The summed E-state index contributed by atoms with van der Waals surface area (Å²) in [7, 11) is 0. The second-order valence-electron chi connectivity index (χ2n) is 19.1. The molecule has 7 aromatic carbocycles. The van der Waals surface area contributed by atoms with Crippen molar-refractivity contribution in [2.24, 2.45) is 0 Å². The van der Waals surface area contributed by atoms with Gasteiger partial charge in [-0.05, 0) is 109 Å². The quantitative estimate of drug-likeness (QED) is 0.165. The normalized spacial score (nSPS) is 11.8. The van der Waals surface area contributed by atoms with Crippen molar-refractivity contribution < 1.29 is 5.11 Å². The summed E-state index contributed by atoms with van der Waals surface area (Å²) in [6, 6.07) is 65.8. The topological polar surface area (TPSA) is 63.8 Å². The fourth-order valence-electron chi connectivity index (χ4n) is 8.94. The molecule has 0 aliphatic heterocycles. The summed E-state index contributed by atoms with van der Waals surface area (Å²) in [5.41, 5.74) is 17.0. The minimum Gasteiger partial charge on any atom is -0.507 e. The standard InChI is InChI=1S/C61H52N4O/c1-60(2,3)49-38-52(57(66)53(39-49)61(4,5)6)58-64-56-51(31-33-63-59(56)65(58)55-25-17-16-24-50(55)44-22-14-9-15-23-44)47-34-46(41-20-12-8-13-21-41)35-48(36-47)54-37-45(30-32-62-54)43-28-26-42(27-29-43)40-18-10-7-11-19-40/h7-39,66H,1-6H3. The van der Waals surface area contributed by atoms with Crippen LogP contribution in [0, 0.1) is 0 Å². The van der Waals surface area contributed by atoms with Gasteiger partial charge in [0.25, 0.3) is 0 Å². The number of aromatic hydroxyl groups is 1. The molecule has 0 saturated heterocycles. The van der Waals surface area contributed by atoms with Crippen molar-refractivity contribution in [2.45, 2.75) is 52.4 Å². The van der Waals surface area contributed by atoms with Gasteiger partial charge in [0.05, 0.1) is 16.9 Å². The van der Waals surface area contributed by atoms with E-state index < -0.39 is 0 Å². The monoisotopic (exact) mass is 856 g/mol. The molecule has 3 heterocycles. The summed E-state index contributed by atoms with van der Waals surface area (Å²) in [4.78, 5) is 15.7. The molecule has 66 heavy (non-hydrogen) atoms. The van der Waals surface area contributed by atoms with Gasteiger partial charge in [0, 0.05) is 34.6 Å². The first-order valence-corrected chi connectivity index (χ1v) is 22.6. The van der Waals surface area contributed by atoms with Crippen molar-refractivity contribution in [1.82, 2.24) is 19.5 Å². The molecule has 0 amide bonds. The summed E-state index contributed by atoms with van der Waals surface area (Å²) in [5.74, 6) is 0.842. The lowest BCUT2D eigenvalue weighted by atomic mass is 9.79. The van der Waals surface area contributed by atoms with Gasteiger partial charge in [-0.2, -0.15) is 0 Å². The summed E-state index contributed by atoms with van der Waals surface area (Å²) >= 11 is 0. The maximum atomic E-state index is 12.5. The second kappa shape index (κ2) is 16.9. The molecule has 0 aliphatic rings. The highest BCUT2D eigenvalue weighted by atomic mass is 16.3. The molecular weight excluding hydrogens is 805 g/mol. The molecule has 10 aromatic rings. The van der Waals surface area contributed by atoms with Gasteiger partial charge < -0.3 is 5.11 Å². The fourth-order valence-corrected chi connectivity index (χ4v) is 8.94. The van der Waals surface area contributed by atoms with Crippen LogP contribution >= 0.6 is 0 Å². The third kappa shape index (κ3) is 8.09. The van der Waals surface area contributed by atoms with Gasteiger partial charge >= 0.3 is 0 Å². The van der Waals surface area contributed by atoms with Crippen molar-refractivity contribution >= 4 is 11.2 Å². The zero-order valence-corrected chi connectivity index (χ0v) is 38.3. The summed E-state index contributed by atoms with van der Waals surface area (Å²) in [5, 5.41) is 12.5. The lowest BCUT2D eigenvalue weighted by molar-refractivity contribution is 0.446. The summed E-state index contributed by atoms with van der Waals surface area (Å²) in [6.45, 7) is 13.1. The van der Waals surface area contributed by atoms with Gasteiger partial charge in [-0.25, -0.2) is 9.97 Å². The van der Waals surface area contributed by atoms with Crippen molar-refractivity contribution in [1.29, 1.82) is 0 Å². The molecule has 0 atom stereocenters. The predicted octanol–water partition coefficient (Wildman–Crippen LogP) is 15.8. The van der Waals surface area contributed by atoms with Crippen LogP contribution in [-0.2, 0) is 10.8 Å². The number of benzene rings is 7. The Kier molecular flexibility index (Phi) is 10.8. The molecule has 0 aliphatic carbocycles. The van der Waals surface area contributed by atoms with Crippen LogP contribution in [0.2, 0.25) is 0 Å². The molecular formula is C61H52N4O. The van der Waals surface area contributed by atoms with Gasteiger partial charge in [0.15, 0.2) is 11.5 Å². The number of hydrogen-bond donors (Lipinski definition) is 1. The predicted molar refractivity (Wildman–Crippen MR) is 274 cm³/mol. The average molecular weight is 857 g/mol. The lowest BCUT2D eigenvalue weighted by Crippen LogP contribution is -2.17. The highest BCUT2D eigenvalue weighted by Crippen LogP contribution is 2.45. The maximum absolute atomic E-state index is 12.5. The average Bonchev–Trinajstić information content (AvgIpc) is 3.73. The Labute approximate surface area is 387 Å². The van der Waals surface area contributed by atoms with Gasteiger partial charge in [0.1, 0.15) is 11.3 Å². The number of phenols is 1. The van der Waals surface area contributed by atoms with E-state index in [1.54, 1.807) is 0 Å². The van der Waals surface area contributed by atoms with Crippen LogP contribution in [0.3, 0.4) is 0 Å². The maximum Gasteiger partial charge on any atom is 0.165 e. The number of aromatic nitrogens is 4. The van der Waals surface area contributed by atoms with Crippen LogP contribution < -0.4 is 0 Å². The Morgan fingerprint density at radius 1 is 0.409 bits per heavy atom. The molecule has 0 spiro atoms. The molecule has 0 fully saturated rings. The van der Waals surface area contributed by atoms with E-state index in [2.05, 4.69) is 216 Å². The van der Waals surface area contributed by atoms with Crippen molar-refractivity contribution in [2.75, 3.05) is 0 Å². The van der Waals surface area contributed by atoms with Crippen molar-refractivity contribution in [3.8, 4) is 89.7 Å². The Morgan fingerprint density at radius 3 is 1.61 bits per heavy atom. The highest BCUT2D eigenvalue weighted by Gasteiger charge is 2.29. The van der Waals surface area contributed by atoms with Gasteiger partial charge in [-0.15, -0.1) is 0 Å². The zero-order valence-electron chi connectivity index (χ0n) is 38.3. The zero-order chi connectivity index (χ0) is 45.6. The van der Waals surface area contributed by atoms with E-state index in [1.165, 1.54) is 11.1 Å². The first kappa shape index (κ1) is 42.1. The van der Waals surface area contributed by atoms with Gasteiger partial charge in [-0.1, -0.05) is 181 Å². The third-order valence-corrected chi connectivity index (χ3v) is 12.5. The molecule has 10 rings (SSSR count). The summed E-state index contributed by atoms with van der Waals surface area (Å²) < 4.78 is 2.14. The van der Waals surface area contributed by atoms with E-state index >= 15 is 0 Å².